The summed E-state index contributed by atoms with van der Waals surface area (Å²) in [7, 11) is 1.39. The van der Waals surface area contributed by atoms with Crippen molar-refractivity contribution in [1.29, 1.82) is 0 Å². The molecular weight excluding hydrogens is 677 g/mol. The summed E-state index contributed by atoms with van der Waals surface area (Å²) < 4.78 is 5.00. The number of carbonyl (C=O) groups is 1. The molecular formula is C49H38N4O2. The first kappa shape index (κ1) is 33.8. The Morgan fingerprint density at radius 2 is 0.691 bits per heavy atom. The third-order valence-corrected chi connectivity index (χ3v) is 10.4. The van der Waals surface area contributed by atoms with Gasteiger partial charge in [0, 0.05) is 44.3 Å². The van der Waals surface area contributed by atoms with Crippen LogP contribution in [0.4, 0.5) is 0 Å². The molecule has 0 aliphatic carbocycles. The van der Waals surface area contributed by atoms with Crippen LogP contribution in [-0.2, 0) is 4.74 Å². The minimum absolute atomic E-state index is 0.380. The molecule has 2 aliphatic heterocycles. The molecule has 3 aromatic heterocycles. The number of hydrogen-bond donors (Lipinski definition) is 2. The SMILES string of the molecule is COC(=O)c1ccc(-c2c3nc(c(-c4ccc(C)cc4)c4ccc([nH]4)c(-c4ccc(C)cc4)c4nc(c(-c5ccc(C)cc5)c5ccc2[nH]5)C=C4)C=C3)cc1. The van der Waals surface area contributed by atoms with Crippen molar-refractivity contribution in [3.8, 4) is 44.5 Å². The second-order valence-electron chi connectivity index (χ2n) is 14.2. The van der Waals surface area contributed by atoms with Crippen LogP contribution in [0, 0.1) is 20.8 Å². The highest BCUT2D eigenvalue weighted by Crippen LogP contribution is 2.38. The van der Waals surface area contributed by atoms with Crippen LogP contribution < -0.4 is 0 Å². The third kappa shape index (κ3) is 6.28. The van der Waals surface area contributed by atoms with Crippen LogP contribution >= 0.6 is 0 Å². The van der Waals surface area contributed by atoms with Crippen molar-refractivity contribution >= 4 is 52.3 Å². The normalized spacial score (nSPS) is 11.9. The van der Waals surface area contributed by atoms with Gasteiger partial charge in [-0.25, -0.2) is 14.8 Å². The maximum atomic E-state index is 12.4. The van der Waals surface area contributed by atoms with Crippen molar-refractivity contribution in [2.45, 2.75) is 20.8 Å². The molecule has 0 radical (unpaired) electrons. The molecule has 0 atom stereocenters. The zero-order valence-electron chi connectivity index (χ0n) is 31.1. The molecule has 0 unspecified atom stereocenters. The Bertz CT molecular complexity index is 2810. The number of esters is 1. The van der Waals surface area contributed by atoms with Crippen LogP contribution in [0.3, 0.4) is 0 Å². The molecule has 2 aliphatic rings. The Morgan fingerprint density at radius 1 is 0.418 bits per heavy atom. The minimum Gasteiger partial charge on any atom is -0.465 e. The maximum absolute atomic E-state index is 12.4. The zero-order chi connectivity index (χ0) is 37.6. The van der Waals surface area contributed by atoms with Gasteiger partial charge in [-0.2, -0.15) is 0 Å². The van der Waals surface area contributed by atoms with Gasteiger partial charge in [-0.15, -0.1) is 0 Å². The molecule has 0 amide bonds. The summed E-state index contributed by atoms with van der Waals surface area (Å²) in [6.07, 6.45) is 8.41. The first-order chi connectivity index (χ1) is 26.8. The van der Waals surface area contributed by atoms with E-state index in [1.54, 1.807) is 12.1 Å². The van der Waals surface area contributed by atoms with Crippen LogP contribution in [0.15, 0.2) is 121 Å². The van der Waals surface area contributed by atoms with E-state index >= 15 is 0 Å². The van der Waals surface area contributed by atoms with Gasteiger partial charge < -0.3 is 14.7 Å². The number of rotatable bonds is 5. The Labute approximate surface area is 319 Å². The molecule has 0 fully saturated rings. The summed E-state index contributed by atoms with van der Waals surface area (Å²) in [6, 6.07) is 41.8. The summed E-state index contributed by atoms with van der Waals surface area (Å²) >= 11 is 0. The van der Waals surface area contributed by atoms with E-state index in [0.717, 1.165) is 89.4 Å². The van der Waals surface area contributed by atoms with Crippen LogP contribution in [0.25, 0.3) is 90.9 Å². The Hall–Kier alpha value is -7.05. The van der Waals surface area contributed by atoms with Crippen molar-refractivity contribution in [2.75, 3.05) is 7.11 Å². The van der Waals surface area contributed by atoms with Gasteiger partial charge in [0.05, 0.1) is 35.4 Å². The number of hydrogen-bond acceptors (Lipinski definition) is 4. The summed E-state index contributed by atoms with van der Waals surface area (Å²) in [5.41, 5.74) is 19.2. The molecule has 55 heavy (non-hydrogen) atoms. The lowest BCUT2D eigenvalue weighted by Gasteiger charge is -2.08. The lowest BCUT2D eigenvalue weighted by molar-refractivity contribution is 0.0600. The molecule has 0 spiro atoms. The number of benzene rings is 4. The molecule has 4 aromatic carbocycles. The fourth-order valence-electron chi connectivity index (χ4n) is 7.47. The largest absolute Gasteiger partial charge is 0.465 e. The predicted octanol–water partition coefficient (Wildman–Crippen LogP) is 12.0. The number of nitrogens with zero attached hydrogens (tertiary/aromatic N) is 2. The molecule has 5 heterocycles. The highest BCUT2D eigenvalue weighted by molar-refractivity contribution is 6.00. The average Bonchev–Trinajstić information content (AvgIpc) is 4.05. The second-order valence-corrected chi connectivity index (χ2v) is 14.2. The van der Waals surface area contributed by atoms with Crippen molar-refractivity contribution < 1.29 is 9.53 Å². The number of ether oxygens (including phenoxy) is 1. The molecule has 9 rings (SSSR count). The van der Waals surface area contributed by atoms with Crippen molar-refractivity contribution in [2.24, 2.45) is 0 Å². The molecule has 6 nitrogen and oxygen atoms in total. The summed E-state index contributed by atoms with van der Waals surface area (Å²) in [5, 5.41) is 0. The molecule has 266 valence electrons. The summed E-state index contributed by atoms with van der Waals surface area (Å²) in [4.78, 5) is 30.8. The average molecular weight is 715 g/mol. The van der Waals surface area contributed by atoms with E-state index in [-0.39, 0.29) is 5.97 Å². The highest BCUT2D eigenvalue weighted by Gasteiger charge is 2.19. The number of carbonyl (C=O) groups excluding carboxylic acids is 1. The number of fused-ring (bicyclic) bond motifs is 8. The van der Waals surface area contributed by atoms with Gasteiger partial charge in [-0.3, -0.25) is 0 Å². The summed E-state index contributed by atoms with van der Waals surface area (Å²) in [5.74, 6) is -0.380. The van der Waals surface area contributed by atoms with Crippen LogP contribution in [0.1, 0.15) is 49.8 Å². The summed E-state index contributed by atoms with van der Waals surface area (Å²) in [6.45, 7) is 6.31. The molecule has 8 bridgehead atoms. The van der Waals surface area contributed by atoms with Gasteiger partial charge in [0.15, 0.2) is 0 Å². The lowest BCUT2D eigenvalue weighted by Crippen LogP contribution is -2.00. The van der Waals surface area contributed by atoms with Crippen molar-refractivity contribution in [3.05, 3.63) is 166 Å². The minimum atomic E-state index is -0.380. The van der Waals surface area contributed by atoms with Gasteiger partial charge in [-0.1, -0.05) is 102 Å². The highest BCUT2D eigenvalue weighted by atomic mass is 16.5. The van der Waals surface area contributed by atoms with Gasteiger partial charge in [0.2, 0.25) is 0 Å². The van der Waals surface area contributed by atoms with Crippen molar-refractivity contribution in [3.63, 3.8) is 0 Å². The van der Waals surface area contributed by atoms with E-state index in [0.29, 0.717) is 5.56 Å². The predicted molar refractivity (Wildman–Crippen MR) is 226 cm³/mol. The standard InChI is InChI=1S/C49H38N4O2/c1-29-5-11-32(12-6-29)45-37-21-23-39(50-37)46(33-13-7-30(2)8-14-33)41-25-27-43(52-41)48(35-17-19-36(20-18-35)49(54)55-4)44-28-26-42(53-44)47(40-24-22-38(45)51-40)34-15-9-31(3)10-16-34/h5-28,50,53H,1-4H3. The lowest BCUT2D eigenvalue weighted by atomic mass is 10.0. The van der Waals surface area contributed by atoms with Crippen LogP contribution in [0.2, 0.25) is 0 Å². The first-order valence-electron chi connectivity index (χ1n) is 18.4. The fourth-order valence-corrected chi connectivity index (χ4v) is 7.47. The quantitative estimate of drug-likeness (QED) is 0.174. The van der Waals surface area contributed by atoms with E-state index in [1.165, 1.54) is 23.8 Å². The Balaban J connectivity index is 1.44. The Kier molecular flexibility index (Phi) is 8.43. The molecule has 2 N–H and O–H groups in total. The first-order valence-corrected chi connectivity index (χ1v) is 18.4. The number of aromatic amines is 2. The van der Waals surface area contributed by atoms with E-state index in [9.17, 15) is 4.79 Å². The number of methoxy groups -OCH3 is 1. The second kappa shape index (κ2) is 13.7. The smallest absolute Gasteiger partial charge is 0.337 e. The zero-order valence-corrected chi connectivity index (χ0v) is 31.1. The molecule has 0 saturated carbocycles. The van der Waals surface area contributed by atoms with Crippen LogP contribution in [-0.4, -0.2) is 33.0 Å². The van der Waals surface area contributed by atoms with Gasteiger partial charge >= 0.3 is 5.97 Å². The van der Waals surface area contributed by atoms with E-state index in [1.807, 2.05) is 12.1 Å². The monoisotopic (exact) mass is 714 g/mol. The van der Waals surface area contributed by atoms with Gasteiger partial charge in [0.25, 0.3) is 0 Å². The molecule has 7 aromatic rings. The van der Waals surface area contributed by atoms with Crippen molar-refractivity contribution in [1.82, 2.24) is 19.9 Å². The molecule has 0 saturated heterocycles. The third-order valence-electron chi connectivity index (χ3n) is 10.4. The number of aryl methyl sites for hydroxylation is 3. The number of aromatic nitrogens is 4. The fraction of sp³-hybridized carbons (Fsp3) is 0.0816. The Morgan fingerprint density at radius 3 is 0.964 bits per heavy atom. The van der Waals surface area contributed by atoms with Gasteiger partial charge in [-0.05, 0) is 104 Å². The topological polar surface area (TPSA) is 83.7 Å². The van der Waals surface area contributed by atoms with E-state index in [4.69, 9.17) is 14.7 Å². The number of H-pyrrole nitrogens is 2. The van der Waals surface area contributed by atoms with E-state index in [2.05, 4.69) is 152 Å². The number of nitrogens with one attached hydrogen (secondary N) is 2. The maximum Gasteiger partial charge on any atom is 0.337 e. The van der Waals surface area contributed by atoms with E-state index < -0.39 is 0 Å². The van der Waals surface area contributed by atoms with Gasteiger partial charge in [0.1, 0.15) is 0 Å². The molecule has 6 heteroatoms. The van der Waals surface area contributed by atoms with Crippen LogP contribution in [0.5, 0.6) is 0 Å².